The average molecular weight is 505 g/mol. The van der Waals surface area contributed by atoms with E-state index in [1.165, 1.54) is 13.2 Å². The van der Waals surface area contributed by atoms with Gasteiger partial charge >= 0.3 is 0 Å². The predicted octanol–water partition coefficient (Wildman–Crippen LogP) is 1.83. The number of ether oxygens (including phenoxy) is 2. The monoisotopic (exact) mass is 505 g/mol. The molecule has 2 amide bonds. The van der Waals surface area contributed by atoms with Crippen LogP contribution in [0.2, 0.25) is 0 Å². The number of halogens is 3. The molecule has 0 spiro atoms. The Morgan fingerprint density at radius 1 is 1.17 bits per heavy atom. The number of amides is 2. The molecule has 1 aliphatic heterocycles. The minimum absolute atomic E-state index is 0.0791. The molecule has 0 aliphatic carbocycles. The number of nitrogens with two attached hydrogens (primary N) is 2. The van der Waals surface area contributed by atoms with Gasteiger partial charge in [-0.05, 0) is 43.2 Å². The SMILES string of the molecule is COc1ccc(F)cc1C(=O)NCc1c(F)cc(C(=N)/C(C(N)=O)=C(/N)NC2CCCOC2)cc1F. The Labute approximate surface area is 205 Å². The zero-order valence-electron chi connectivity index (χ0n) is 19.4. The van der Waals surface area contributed by atoms with Gasteiger partial charge in [0.2, 0.25) is 0 Å². The molecule has 2 aromatic rings. The summed E-state index contributed by atoms with van der Waals surface area (Å²) in [5, 5.41) is 13.5. The fraction of sp³-hybridized carbons (Fsp3) is 0.292. The number of hydrogen-bond acceptors (Lipinski definition) is 7. The third-order valence-corrected chi connectivity index (χ3v) is 5.55. The lowest BCUT2D eigenvalue weighted by Gasteiger charge is -2.25. The first kappa shape index (κ1) is 26.5. The van der Waals surface area contributed by atoms with E-state index in [4.69, 9.17) is 26.4 Å². The first-order valence-electron chi connectivity index (χ1n) is 10.9. The molecule has 1 heterocycles. The normalized spacial score (nSPS) is 16.1. The molecule has 3 rings (SSSR count). The van der Waals surface area contributed by atoms with E-state index in [1.54, 1.807) is 0 Å². The molecular formula is C24H26F3N5O4. The first-order valence-corrected chi connectivity index (χ1v) is 10.9. The highest BCUT2D eigenvalue weighted by molar-refractivity contribution is 6.26. The Morgan fingerprint density at radius 2 is 1.86 bits per heavy atom. The summed E-state index contributed by atoms with van der Waals surface area (Å²) in [6.07, 6.45) is 1.49. The number of carbonyl (C=O) groups is 2. The number of rotatable bonds is 9. The van der Waals surface area contributed by atoms with Gasteiger partial charge < -0.3 is 31.6 Å². The third-order valence-electron chi connectivity index (χ3n) is 5.55. The van der Waals surface area contributed by atoms with Crippen molar-refractivity contribution in [3.8, 4) is 5.75 Å². The van der Waals surface area contributed by atoms with Crippen LogP contribution in [0.25, 0.3) is 0 Å². The van der Waals surface area contributed by atoms with Crippen molar-refractivity contribution in [1.82, 2.24) is 10.6 Å². The van der Waals surface area contributed by atoms with Gasteiger partial charge in [-0.25, -0.2) is 13.2 Å². The average Bonchev–Trinajstić information content (AvgIpc) is 2.83. The van der Waals surface area contributed by atoms with E-state index in [2.05, 4.69) is 10.6 Å². The molecule has 36 heavy (non-hydrogen) atoms. The summed E-state index contributed by atoms with van der Waals surface area (Å²) in [5.74, 6) is -4.85. The minimum Gasteiger partial charge on any atom is -0.496 e. The number of hydrogen-bond donors (Lipinski definition) is 5. The molecule has 1 fully saturated rings. The Hall–Kier alpha value is -4.06. The van der Waals surface area contributed by atoms with Gasteiger partial charge in [-0.1, -0.05) is 0 Å². The van der Waals surface area contributed by atoms with Gasteiger partial charge in [0.05, 0.1) is 31.0 Å². The second-order valence-corrected chi connectivity index (χ2v) is 8.03. The summed E-state index contributed by atoms with van der Waals surface area (Å²) in [7, 11) is 1.29. The van der Waals surface area contributed by atoms with Crippen LogP contribution in [0.5, 0.6) is 5.75 Å². The van der Waals surface area contributed by atoms with Crippen molar-refractivity contribution < 1.29 is 32.2 Å². The molecule has 0 aromatic heterocycles. The molecule has 1 saturated heterocycles. The molecule has 0 radical (unpaired) electrons. The third kappa shape index (κ3) is 6.13. The van der Waals surface area contributed by atoms with Crippen molar-refractivity contribution in [2.24, 2.45) is 11.5 Å². The van der Waals surface area contributed by atoms with Crippen molar-refractivity contribution in [2.45, 2.75) is 25.4 Å². The predicted molar refractivity (Wildman–Crippen MR) is 125 cm³/mol. The molecule has 12 heteroatoms. The maximum atomic E-state index is 14.8. The Balaban J connectivity index is 1.80. The largest absolute Gasteiger partial charge is 0.496 e. The van der Waals surface area contributed by atoms with Crippen LogP contribution in [0.1, 0.15) is 34.3 Å². The van der Waals surface area contributed by atoms with Crippen LogP contribution in [-0.4, -0.2) is 43.9 Å². The van der Waals surface area contributed by atoms with Crippen LogP contribution >= 0.6 is 0 Å². The molecule has 9 nitrogen and oxygen atoms in total. The van der Waals surface area contributed by atoms with Crippen molar-refractivity contribution in [1.29, 1.82) is 5.41 Å². The zero-order valence-corrected chi connectivity index (χ0v) is 19.4. The molecule has 1 aliphatic rings. The van der Waals surface area contributed by atoms with Crippen molar-refractivity contribution >= 4 is 17.5 Å². The van der Waals surface area contributed by atoms with Gasteiger partial charge in [-0.15, -0.1) is 0 Å². The van der Waals surface area contributed by atoms with Crippen LogP contribution in [0.3, 0.4) is 0 Å². The summed E-state index contributed by atoms with van der Waals surface area (Å²) in [5.41, 5.74) is 9.40. The lowest BCUT2D eigenvalue weighted by Crippen LogP contribution is -2.41. The minimum atomic E-state index is -1.09. The molecule has 1 unspecified atom stereocenters. The summed E-state index contributed by atoms with van der Waals surface area (Å²) >= 11 is 0. The highest BCUT2D eigenvalue weighted by Gasteiger charge is 2.24. The van der Waals surface area contributed by atoms with E-state index in [-0.39, 0.29) is 28.7 Å². The number of benzene rings is 2. The molecule has 0 bridgehead atoms. The van der Waals surface area contributed by atoms with Gasteiger partial charge in [0.15, 0.2) is 0 Å². The molecule has 0 saturated carbocycles. The second-order valence-electron chi connectivity index (χ2n) is 8.03. The molecule has 1 atom stereocenters. The summed E-state index contributed by atoms with van der Waals surface area (Å²) in [4.78, 5) is 24.4. The highest BCUT2D eigenvalue weighted by Crippen LogP contribution is 2.21. The van der Waals surface area contributed by atoms with E-state index < -0.39 is 52.7 Å². The summed E-state index contributed by atoms with van der Waals surface area (Å²) < 4.78 is 53.5. The van der Waals surface area contributed by atoms with Crippen LogP contribution < -0.4 is 26.8 Å². The van der Waals surface area contributed by atoms with E-state index in [0.717, 1.165) is 30.7 Å². The Bertz CT molecular complexity index is 1190. The molecule has 7 N–H and O–H groups in total. The number of carbonyl (C=O) groups excluding carboxylic acids is 2. The maximum Gasteiger partial charge on any atom is 0.255 e. The van der Waals surface area contributed by atoms with E-state index >= 15 is 0 Å². The van der Waals surface area contributed by atoms with Gasteiger partial charge in [0.1, 0.15) is 34.6 Å². The summed E-state index contributed by atoms with van der Waals surface area (Å²) in [6.45, 7) is 0.361. The molecule has 192 valence electrons. The van der Waals surface area contributed by atoms with Crippen molar-refractivity contribution in [2.75, 3.05) is 20.3 Å². The second kappa shape index (κ2) is 11.6. The van der Waals surface area contributed by atoms with Gasteiger partial charge in [0.25, 0.3) is 11.8 Å². The van der Waals surface area contributed by atoms with Gasteiger partial charge in [-0.2, -0.15) is 0 Å². The quantitative estimate of drug-likeness (QED) is 0.259. The van der Waals surface area contributed by atoms with Crippen LogP contribution in [0.4, 0.5) is 13.2 Å². The molecule has 2 aromatic carbocycles. The first-order chi connectivity index (χ1) is 17.1. The van der Waals surface area contributed by atoms with E-state index in [9.17, 15) is 22.8 Å². The standard InChI is InChI=1S/C24H26F3N5O4/c1-35-19-5-4-13(25)9-15(19)24(34)31-10-16-17(26)7-12(8-18(16)27)21(28)20(23(30)33)22(29)32-14-3-2-6-36-11-14/h4-5,7-9,14,28,32H,2-3,6,10-11,29H2,1H3,(H2,30,33)(H,31,34)/b22-20+,28-21?. The number of primary amides is 1. The lowest BCUT2D eigenvalue weighted by atomic mass is 9.99. The van der Waals surface area contributed by atoms with E-state index in [1.807, 2.05) is 0 Å². The maximum absolute atomic E-state index is 14.8. The van der Waals surface area contributed by atoms with Crippen molar-refractivity contribution in [3.05, 3.63) is 75.9 Å². The van der Waals surface area contributed by atoms with Crippen LogP contribution in [-0.2, 0) is 16.1 Å². The van der Waals surface area contributed by atoms with Gasteiger partial charge in [0, 0.05) is 24.3 Å². The topological polar surface area (TPSA) is 153 Å². The van der Waals surface area contributed by atoms with Crippen LogP contribution in [0.15, 0.2) is 41.7 Å². The highest BCUT2D eigenvalue weighted by atomic mass is 19.1. The smallest absolute Gasteiger partial charge is 0.255 e. The number of nitrogens with one attached hydrogen (secondary N) is 3. The van der Waals surface area contributed by atoms with Gasteiger partial charge in [-0.3, -0.25) is 15.0 Å². The van der Waals surface area contributed by atoms with Crippen LogP contribution in [0, 0.1) is 22.9 Å². The Kier molecular flexibility index (Phi) is 8.54. The molecular weight excluding hydrogens is 479 g/mol. The zero-order chi connectivity index (χ0) is 26.4. The summed E-state index contributed by atoms with van der Waals surface area (Å²) in [6, 6.07) is 4.73. The van der Waals surface area contributed by atoms with Crippen molar-refractivity contribution in [3.63, 3.8) is 0 Å². The van der Waals surface area contributed by atoms with E-state index in [0.29, 0.717) is 19.6 Å². The Morgan fingerprint density at radius 3 is 2.44 bits per heavy atom. The number of methoxy groups -OCH3 is 1. The fourth-order valence-electron chi connectivity index (χ4n) is 3.72. The lowest BCUT2D eigenvalue weighted by molar-refractivity contribution is -0.114. The fourth-order valence-corrected chi connectivity index (χ4v) is 3.72.